The number of amides is 1. The van der Waals surface area contributed by atoms with Crippen LogP contribution in [0.15, 0.2) is 48.5 Å². The fourth-order valence-electron chi connectivity index (χ4n) is 6.80. The number of aliphatic hydroxyl groups excluding tert-OH is 1. The molecule has 210 valence electrons. The molecule has 2 saturated heterocycles. The minimum Gasteiger partial charge on any atom is -0.378 e. The average Bonchev–Trinajstić information content (AvgIpc) is 2.98. The molecule has 39 heavy (non-hydrogen) atoms. The summed E-state index contributed by atoms with van der Waals surface area (Å²) in [6.07, 6.45) is 7.69. The number of hydrogen-bond donors (Lipinski definition) is 2. The van der Waals surface area contributed by atoms with Gasteiger partial charge in [-0.3, -0.25) is 14.9 Å². The van der Waals surface area contributed by atoms with E-state index in [0.717, 1.165) is 24.3 Å². The van der Waals surface area contributed by atoms with Gasteiger partial charge in [0, 0.05) is 61.7 Å². The largest absolute Gasteiger partial charge is 0.378 e. The van der Waals surface area contributed by atoms with Gasteiger partial charge in [-0.2, -0.15) is 0 Å². The Morgan fingerprint density at radius 2 is 1.56 bits per heavy atom. The number of carbonyl (C=O) groups excluding carboxylic acids is 2. The van der Waals surface area contributed by atoms with E-state index >= 15 is 0 Å². The molecule has 6 nitrogen and oxygen atoms in total. The molecule has 5 rings (SSSR count). The van der Waals surface area contributed by atoms with Gasteiger partial charge in [0.05, 0.1) is 0 Å². The fraction of sp³-hybridized carbons (Fsp3) is 0.562. The van der Waals surface area contributed by atoms with Gasteiger partial charge in [-0.1, -0.05) is 31.4 Å². The smallest absolute Gasteiger partial charge is 0.253 e. The fourth-order valence-corrected chi connectivity index (χ4v) is 6.80. The average molecular weight is 536 g/mol. The van der Waals surface area contributed by atoms with Crippen molar-refractivity contribution in [1.29, 1.82) is 0 Å². The summed E-state index contributed by atoms with van der Waals surface area (Å²) in [6, 6.07) is 14.4. The van der Waals surface area contributed by atoms with Crippen LogP contribution in [-0.2, 0) is 10.2 Å². The van der Waals surface area contributed by atoms with E-state index in [9.17, 15) is 19.1 Å². The van der Waals surface area contributed by atoms with Crippen LogP contribution in [0.5, 0.6) is 0 Å². The number of nitrogens with one attached hydrogen (secondary N) is 1. The first-order chi connectivity index (χ1) is 18.9. The van der Waals surface area contributed by atoms with Crippen LogP contribution in [0.3, 0.4) is 0 Å². The molecule has 2 aromatic rings. The molecule has 3 aliphatic rings. The van der Waals surface area contributed by atoms with Gasteiger partial charge >= 0.3 is 0 Å². The van der Waals surface area contributed by atoms with Gasteiger partial charge in [-0.05, 0) is 80.5 Å². The van der Waals surface area contributed by atoms with Gasteiger partial charge in [0.1, 0.15) is 17.8 Å². The third-order valence-corrected chi connectivity index (χ3v) is 9.46. The van der Waals surface area contributed by atoms with Gasteiger partial charge in [-0.25, -0.2) is 4.39 Å². The number of benzene rings is 2. The molecular formula is C32H42FN3O3. The lowest BCUT2D eigenvalue weighted by molar-refractivity contribution is -0.119. The van der Waals surface area contributed by atoms with E-state index in [1.54, 1.807) is 12.1 Å². The zero-order valence-electron chi connectivity index (χ0n) is 23.1. The first-order valence-corrected chi connectivity index (χ1v) is 14.7. The number of hydrogen-bond acceptors (Lipinski definition) is 5. The van der Waals surface area contributed by atoms with E-state index in [1.807, 2.05) is 29.2 Å². The standard InChI is InChI=1S/C32H42FN3O3/c1-23(24-5-3-2-4-6-24)34-31(39)32(26-9-11-27(33)12-10-26)17-21-36(22-18-32)30(38)25-7-13-28(14-8-25)35-19-15-29(37)16-20-35/h7-14,23-24,31,34,39H,2-6,15-22H2,1H3/t23-,31?/m0/s1. The van der Waals surface area contributed by atoms with Crippen molar-refractivity contribution in [2.45, 2.75) is 82.4 Å². The van der Waals surface area contributed by atoms with E-state index in [4.69, 9.17) is 0 Å². The molecule has 2 atom stereocenters. The van der Waals surface area contributed by atoms with Gasteiger partial charge in [0.15, 0.2) is 0 Å². The number of piperidine rings is 2. The van der Waals surface area contributed by atoms with E-state index in [1.165, 1.54) is 44.2 Å². The lowest BCUT2D eigenvalue weighted by Gasteiger charge is -2.46. The van der Waals surface area contributed by atoms with Crippen LogP contribution in [0.1, 0.15) is 80.6 Å². The molecule has 1 saturated carbocycles. The summed E-state index contributed by atoms with van der Waals surface area (Å²) >= 11 is 0. The van der Waals surface area contributed by atoms with E-state index < -0.39 is 11.6 Å². The zero-order valence-corrected chi connectivity index (χ0v) is 23.1. The molecule has 2 aromatic carbocycles. The van der Waals surface area contributed by atoms with E-state index in [0.29, 0.717) is 56.0 Å². The highest BCUT2D eigenvalue weighted by Gasteiger charge is 2.44. The highest BCUT2D eigenvalue weighted by Crippen LogP contribution is 2.39. The molecule has 1 amide bonds. The van der Waals surface area contributed by atoms with Crippen molar-refractivity contribution in [3.8, 4) is 0 Å². The van der Waals surface area contributed by atoms with Crippen LogP contribution in [0, 0.1) is 11.7 Å². The van der Waals surface area contributed by atoms with Gasteiger partial charge < -0.3 is 14.9 Å². The number of anilines is 1. The van der Waals surface area contributed by atoms with E-state index in [-0.39, 0.29) is 17.8 Å². The predicted molar refractivity (Wildman–Crippen MR) is 151 cm³/mol. The number of halogens is 1. The van der Waals surface area contributed by atoms with Crippen LogP contribution >= 0.6 is 0 Å². The summed E-state index contributed by atoms with van der Waals surface area (Å²) in [7, 11) is 0. The van der Waals surface area contributed by atoms with Gasteiger partial charge in [0.25, 0.3) is 5.91 Å². The van der Waals surface area contributed by atoms with Crippen LogP contribution in [0.25, 0.3) is 0 Å². The maximum atomic E-state index is 13.8. The second-order valence-electron chi connectivity index (χ2n) is 11.8. The second kappa shape index (κ2) is 12.2. The zero-order chi connectivity index (χ0) is 27.4. The Balaban J connectivity index is 1.27. The van der Waals surface area contributed by atoms with Crippen LogP contribution in [0.2, 0.25) is 0 Å². The van der Waals surface area contributed by atoms with Gasteiger partial charge in [-0.15, -0.1) is 0 Å². The Morgan fingerprint density at radius 1 is 0.949 bits per heavy atom. The predicted octanol–water partition coefficient (Wildman–Crippen LogP) is 5.05. The molecule has 0 spiro atoms. The third kappa shape index (κ3) is 6.20. The molecular weight excluding hydrogens is 493 g/mol. The third-order valence-electron chi connectivity index (χ3n) is 9.46. The Bertz CT molecular complexity index is 1110. The monoisotopic (exact) mass is 535 g/mol. The molecule has 2 heterocycles. The molecule has 1 aliphatic carbocycles. The summed E-state index contributed by atoms with van der Waals surface area (Å²) in [4.78, 5) is 29.0. The molecule has 7 heteroatoms. The first kappa shape index (κ1) is 27.8. The SMILES string of the molecule is C[C@H](NC(O)C1(c2ccc(F)cc2)CCN(C(=O)c2ccc(N3CCC(=O)CC3)cc2)CC1)C1CCCCC1. The summed E-state index contributed by atoms with van der Waals surface area (Å²) in [5, 5.41) is 15.1. The number of Topliss-reactive ketones (excluding diaryl/α,β-unsaturated/α-hetero) is 1. The van der Waals surface area contributed by atoms with Crippen molar-refractivity contribution in [2.75, 3.05) is 31.1 Å². The topological polar surface area (TPSA) is 72.9 Å². The van der Waals surface area contributed by atoms with Crippen molar-refractivity contribution < 1.29 is 19.1 Å². The number of aliphatic hydroxyl groups is 1. The highest BCUT2D eigenvalue weighted by atomic mass is 19.1. The molecule has 0 bridgehead atoms. The van der Waals surface area contributed by atoms with Crippen molar-refractivity contribution in [3.63, 3.8) is 0 Å². The van der Waals surface area contributed by atoms with Crippen molar-refractivity contribution in [3.05, 3.63) is 65.5 Å². The molecule has 2 N–H and O–H groups in total. The van der Waals surface area contributed by atoms with Crippen LogP contribution in [0.4, 0.5) is 10.1 Å². The van der Waals surface area contributed by atoms with Crippen molar-refractivity contribution >= 4 is 17.4 Å². The number of carbonyl (C=O) groups is 2. The summed E-state index contributed by atoms with van der Waals surface area (Å²) in [5.74, 6) is 0.553. The number of likely N-dealkylation sites (tertiary alicyclic amines) is 1. The Morgan fingerprint density at radius 3 is 2.18 bits per heavy atom. The number of nitrogens with zero attached hydrogens (tertiary/aromatic N) is 2. The number of ketones is 1. The van der Waals surface area contributed by atoms with Crippen LogP contribution < -0.4 is 10.2 Å². The molecule has 1 unspecified atom stereocenters. The van der Waals surface area contributed by atoms with Crippen molar-refractivity contribution in [1.82, 2.24) is 10.2 Å². The summed E-state index contributed by atoms with van der Waals surface area (Å²) in [6.45, 7) is 4.64. The maximum absolute atomic E-state index is 13.8. The highest BCUT2D eigenvalue weighted by molar-refractivity contribution is 5.94. The van der Waals surface area contributed by atoms with E-state index in [2.05, 4.69) is 17.1 Å². The summed E-state index contributed by atoms with van der Waals surface area (Å²) in [5.41, 5.74) is 2.00. The minimum absolute atomic E-state index is 0.0129. The Labute approximate surface area is 231 Å². The molecule has 2 aliphatic heterocycles. The molecule has 3 fully saturated rings. The van der Waals surface area contributed by atoms with Gasteiger partial charge in [0.2, 0.25) is 0 Å². The quantitative estimate of drug-likeness (QED) is 0.486. The lowest BCUT2D eigenvalue weighted by atomic mass is 9.70. The lowest BCUT2D eigenvalue weighted by Crippen LogP contribution is -2.57. The molecule has 0 radical (unpaired) electrons. The number of rotatable bonds is 7. The minimum atomic E-state index is -0.784. The summed E-state index contributed by atoms with van der Waals surface area (Å²) < 4.78 is 13.8. The first-order valence-electron chi connectivity index (χ1n) is 14.7. The normalized spacial score (nSPS) is 22.0. The maximum Gasteiger partial charge on any atom is 0.253 e. The Hall–Kier alpha value is -2.77. The van der Waals surface area contributed by atoms with Crippen molar-refractivity contribution in [2.24, 2.45) is 5.92 Å². The second-order valence-corrected chi connectivity index (χ2v) is 11.8. The Kier molecular flexibility index (Phi) is 8.67. The molecule has 0 aromatic heterocycles. The van der Waals surface area contributed by atoms with Crippen LogP contribution in [-0.4, -0.2) is 60.1 Å².